The van der Waals surface area contributed by atoms with Gasteiger partial charge in [0, 0.05) is 43.0 Å². The van der Waals surface area contributed by atoms with Crippen LogP contribution in [0, 0.1) is 0 Å². The molecule has 0 aliphatic carbocycles. The Bertz CT molecular complexity index is 583. The van der Waals surface area contributed by atoms with Crippen LogP contribution in [0.5, 0.6) is 0 Å². The molecule has 1 aliphatic rings. The zero-order valence-electron chi connectivity index (χ0n) is 12.5. The van der Waals surface area contributed by atoms with Crippen molar-refractivity contribution in [3.05, 3.63) is 59.7 Å². The lowest BCUT2D eigenvalue weighted by molar-refractivity contribution is 0.731. The van der Waals surface area contributed by atoms with Crippen LogP contribution in [0.2, 0.25) is 0 Å². The van der Waals surface area contributed by atoms with Crippen molar-refractivity contribution in [2.75, 3.05) is 30.8 Å². The molecule has 1 aliphatic heterocycles. The first-order valence-electron chi connectivity index (χ1n) is 7.54. The first-order chi connectivity index (χ1) is 10.3. The molecular weight excluding hydrogens is 276 g/mol. The van der Waals surface area contributed by atoms with Gasteiger partial charge in [-0.1, -0.05) is 30.3 Å². The second-order valence-corrected chi connectivity index (χ2v) is 6.64. The Labute approximate surface area is 131 Å². The molecule has 0 amide bonds. The van der Waals surface area contributed by atoms with Crippen LogP contribution in [-0.2, 0) is 13.0 Å². The van der Waals surface area contributed by atoms with E-state index >= 15 is 0 Å². The number of anilines is 1. The third-order valence-electron chi connectivity index (χ3n) is 3.89. The summed E-state index contributed by atoms with van der Waals surface area (Å²) in [6, 6.07) is 17.5. The fourth-order valence-electron chi connectivity index (χ4n) is 2.72. The van der Waals surface area contributed by atoms with Gasteiger partial charge < -0.3 is 10.2 Å². The zero-order valence-corrected chi connectivity index (χ0v) is 13.3. The Kier molecular flexibility index (Phi) is 4.84. The molecule has 21 heavy (non-hydrogen) atoms. The van der Waals surface area contributed by atoms with E-state index in [0.717, 1.165) is 25.4 Å². The van der Waals surface area contributed by atoms with Gasteiger partial charge in [0.25, 0.3) is 0 Å². The third-order valence-corrected chi connectivity index (χ3v) is 4.91. The van der Waals surface area contributed by atoms with Crippen LogP contribution >= 0.6 is 11.8 Å². The lowest BCUT2D eigenvalue weighted by Crippen LogP contribution is -2.16. The predicted octanol–water partition coefficient (Wildman–Crippen LogP) is 3.56. The average Bonchev–Trinajstić information content (AvgIpc) is 2.89. The minimum absolute atomic E-state index is 0.965. The summed E-state index contributed by atoms with van der Waals surface area (Å²) >= 11 is 1.91. The molecule has 0 fully saturated rings. The third kappa shape index (κ3) is 3.80. The smallest absolute Gasteiger partial charge is 0.0397 e. The quantitative estimate of drug-likeness (QED) is 0.648. The van der Waals surface area contributed by atoms with Crippen molar-refractivity contribution in [1.29, 1.82) is 0 Å². The van der Waals surface area contributed by atoms with Gasteiger partial charge in [0.1, 0.15) is 0 Å². The molecule has 1 heterocycles. The van der Waals surface area contributed by atoms with Crippen LogP contribution in [0.1, 0.15) is 11.1 Å². The minimum Gasteiger partial charge on any atom is -0.374 e. The van der Waals surface area contributed by atoms with E-state index in [4.69, 9.17) is 0 Å². The monoisotopic (exact) mass is 298 g/mol. The van der Waals surface area contributed by atoms with Gasteiger partial charge >= 0.3 is 0 Å². The molecule has 1 N–H and O–H groups in total. The van der Waals surface area contributed by atoms with Gasteiger partial charge in [-0.15, -0.1) is 11.8 Å². The number of fused-ring (bicyclic) bond motifs is 1. The lowest BCUT2D eigenvalue weighted by Gasteiger charge is -2.12. The standard InChI is InChI=1S/C18H22N2S/c1-20-11-9-16-13-15(7-8-18(16)20)14-19-10-12-21-17-5-3-2-4-6-17/h2-8,13,19H,9-12,14H2,1H3. The highest BCUT2D eigenvalue weighted by Gasteiger charge is 2.15. The highest BCUT2D eigenvalue weighted by Crippen LogP contribution is 2.27. The minimum atomic E-state index is 0.965. The highest BCUT2D eigenvalue weighted by molar-refractivity contribution is 7.99. The molecule has 0 bridgehead atoms. The highest BCUT2D eigenvalue weighted by atomic mass is 32.2. The maximum atomic E-state index is 3.54. The van der Waals surface area contributed by atoms with Gasteiger partial charge in [-0.3, -0.25) is 0 Å². The average molecular weight is 298 g/mol. The summed E-state index contributed by atoms with van der Waals surface area (Å²) in [6.07, 6.45) is 1.18. The fraction of sp³-hybridized carbons (Fsp3) is 0.333. The van der Waals surface area contributed by atoms with Crippen LogP contribution in [0.25, 0.3) is 0 Å². The Morgan fingerprint density at radius 2 is 2.00 bits per heavy atom. The maximum Gasteiger partial charge on any atom is 0.0397 e. The number of hydrogen-bond acceptors (Lipinski definition) is 3. The van der Waals surface area contributed by atoms with E-state index in [0.29, 0.717) is 0 Å². The van der Waals surface area contributed by atoms with E-state index in [1.54, 1.807) is 0 Å². The predicted molar refractivity (Wildman–Crippen MR) is 92.3 cm³/mol. The van der Waals surface area contributed by atoms with Crippen LogP contribution in [-0.4, -0.2) is 25.9 Å². The lowest BCUT2D eigenvalue weighted by atomic mass is 10.1. The van der Waals surface area contributed by atoms with E-state index in [2.05, 4.69) is 65.8 Å². The number of nitrogens with zero attached hydrogens (tertiary/aromatic N) is 1. The molecule has 0 atom stereocenters. The van der Waals surface area contributed by atoms with Crippen molar-refractivity contribution in [3.63, 3.8) is 0 Å². The topological polar surface area (TPSA) is 15.3 Å². The number of rotatable bonds is 6. The number of benzene rings is 2. The van der Waals surface area contributed by atoms with Gasteiger partial charge in [0.05, 0.1) is 0 Å². The van der Waals surface area contributed by atoms with Crippen molar-refractivity contribution < 1.29 is 0 Å². The summed E-state index contributed by atoms with van der Waals surface area (Å²) in [6.45, 7) is 3.16. The molecule has 0 saturated carbocycles. The molecule has 110 valence electrons. The van der Waals surface area contributed by atoms with Gasteiger partial charge in [-0.05, 0) is 35.7 Å². The van der Waals surface area contributed by atoms with Crippen molar-refractivity contribution in [2.24, 2.45) is 0 Å². The molecule has 3 rings (SSSR count). The summed E-state index contributed by atoms with van der Waals surface area (Å²) in [5, 5.41) is 3.54. The largest absolute Gasteiger partial charge is 0.374 e. The summed E-state index contributed by atoms with van der Waals surface area (Å²) in [5.41, 5.74) is 4.29. The molecule has 0 radical (unpaired) electrons. The summed E-state index contributed by atoms with van der Waals surface area (Å²) in [7, 11) is 2.17. The number of nitrogens with one attached hydrogen (secondary N) is 1. The van der Waals surface area contributed by atoms with E-state index in [-0.39, 0.29) is 0 Å². The Hall–Kier alpha value is -1.45. The molecule has 0 spiro atoms. The Balaban J connectivity index is 1.42. The fourth-order valence-corrected chi connectivity index (χ4v) is 3.55. The first kappa shape index (κ1) is 14.5. The first-order valence-corrected chi connectivity index (χ1v) is 8.53. The van der Waals surface area contributed by atoms with Gasteiger partial charge in [0.15, 0.2) is 0 Å². The van der Waals surface area contributed by atoms with Gasteiger partial charge in [-0.25, -0.2) is 0 Å². The van der Waals surface area contributed by atoms with Crippen molar-refractivity contribution in [1.82, 2.24) is 5.32 Å². The number of hydrogen-bond donors (Lipinski definition) is 1. The van der Waals surface area contributed by atoms with Crippen LogP contribution in [0.15, 0.2) is 53.4 Å². The van der Waals surface area contributed by atoms with E-state index < -0.39 is 0 Å². The van der Waals surface area contributed by atoms with Crippen LogP contribution in [0.4, 0.5) is 5.69 Å². The molecule has 0 unspecified atom stereocenters. The van der Waals surface area contributed by atoms with Crippen molar-refractivity contribution in [2.45, 2.75) is 17.9 Å². The van der Waals surface area contributed by atoms with E-state index in [1.165, 1.54) is 28.1 Å². The molecule has 0 saturated heterocycles. The van der Waals surface area contributed by atoms with E-state index in [1.807, 2.05) is 11.8 Å². The van der Waals surface area contributed by atoms with Gasteiger partial charge in [-0.2, -0.15) is 0 Å². The van der Waals surface area contributed by atoms with Crippen LogP contribution in [0.3, 0.4) is 0 Å². The summed E-state index contributed by atoms with van der Waals surface area (Å²) in [5.74, 6) is 1.11. The summed E-state index contributed by atoms with van der Waals surface area (Å²) < 4.78 is 0. The molecule has 2 nitrogen and oxygen atoms in total. The van der Waals surface area contributed by atoms with Gasteiger partial charge in [0.2, 0.25) is 0 Å². The van der Waals surface area contributed by atoms with Crippen molar-refractivity contribution >= 4 is 17.4 Å². The van der Waals surface area contributed by atoms with Crippen LogP contribution < -0.4 is 10.2 Å². The second kappa shape index (κ2) is 7.01. The molecule has 3 heteroatoms. The Morgan fingerprint density at radius 1 is 1.14 bits per heavy atom. The second-order valence-electron chi connectivity index (χ2n) is 5.47. The number of likely N-dealkylation sites (N-methyl/N-ethyl adjacent to an activating group) is 1. The summed E-state index contributed by atoms with van der Waals surface area (Å²) in [4.78, 5) is 3.68. The number of thioether (sulfide) groups is 1. The SMILES string of the molecule is CN1CCc2cc(CNCCSc3ccccc3)ccc21. The molecule has 2 aromatic rings. The molecule has 0 aromatic heterocycles. The van der Waals surface area contributed by atoms with E-state index in [9.17, 15) is 0 Å². The zero-order chi connectivity index (χ0) is 14.5. The molecular formula is C18H22N2S. The maximum absolute atomic E-state index is 3.54. The molecule has 2 aromatic carbocycles. The van der Waals surface area contributed by atoms with Crippen molar-refractivity contribution in [3.8, 4) is 0 Å². The normalized spacial score (nSPS) is 13.5. The Morgan fingerprint density at radius 3 is 2.86 bits per heavy atom.